The van der Waals surface area contributed by atoms with E-state index in [0.29, 0.717) is 0 Å². The SMILES string of the molecule is C[CH]C(F)(F)F. The van der Waals surface area contributed by atoms with Crippen molar-refractivity contribution in [3.8, 4) is 0 Å². The molecule has 0 heterocycles. The van der Waals surface area contributed by atoms with Gasteiger partial charge in [-0.2, -0.15) is 13.2 Å². The lowest BCUT2D eigenvalue weighted by Gasteiger charge is -1.96. The summed E-state index contributed by atoms with van der Waals surface area (Å²) in [6.45, 7) is 0.958. The zero-order valence-corrected chi connectivity index (χ0v) is 3.21. The maximum absolute atomic E-state index is 10.7. The Morgan fingerprint density at radius 2 is 1.50 bits per heavy atom. The Bertz CT molecular complexity index is 35.8. The molecule has 0 atom stereocenters. The van der Waals surface area contributed by atoms with Crippen molar-refractivity contribution in [1.82, 2.24) is 0 Å². The van der Waals surface area contributed by atoms with Crippen molar-refractivity contribution in [2.24, 2.45) is 0 Å². The predicted octanol–water partition coefficient (Wildman–Crippen LogP) is 1.77. The van der Waals surface area contributed by atoms with E-state index in [4.69, 9.17) is 0 Å². The standard InChI is InChI=1S/C3H4F3/c1-2-3(4,5)6/h2H,1H3. The van der Waals surface area contributed by atoms with Gasteiger partial charge in [0.25, 0.3) is 0 Å². The molecule has 0 aromatic rings. The summed E-state index contributed by atoms with van der Waals surface area (Å²) in [5.41, 5.74) is 0. The molecule has 0 aromatic heterocycles. The van der Waals surface area contributed by atoms with Gasteiger partial charge in [0.15, 0.2) is 0 Å². The molecule has 1 radical (unpaired) electrons. The fourth-order valence-corrected chi connectivity index (χ4v) is 0. The molecule has 0 saturated carbocycles. The largest absolute Gasteiger partial charge is 0.392 e. The van der Waals surface area contributed by atoms with Crippen molar-refractivity contribution in [2.75, 3.05) is 0 Å². The van der Waals surface area contributed by atoms with Crippen molar-refractivity contribution < 1.29 is 13.2 Å². The molecule has 0 amide bonds. The first-order valence-electron chi connectivity index (χ1n) is 1.43. The van der Waals surface area contributed by atoms with Gasteiger partial charge in [-0.3, -0.25) is 0 Å². The van der Waals surface area contributed by atoms with Gasteiger partial charge >= 0.3 is 6.18 Å². The summed E-state index contributed by atoms with van der Waals surface area (Å²) in [4.78, 5) is 0. The minimum Gasteiger partial charge on any atom is -0.171 e. The second-order valence-electron chi connectivity index (χ2n) is 0.830. The number of hydrogen-bond acceptors (Lipinski definition) is 0. The topological polar surface area (TPSA) is 0 Å². The molecule has 0 aliphatic heterocycles. The van der Waals surface area contributed by atoms with E-state index < -0.39 is 6.18 Å². The van der Waals surface area contributed by atoms with Crippen LogP contribution in [0.3, 0.4) is 0 Å². The summed E-state index contributed by atoms with van der Waals surface area (Å²) in [7, 11) is 0. The van der Waals surface area contributed by atoms with Crippen LogP contribution in [-0.4, -0.2) is 6.18 Å². The summed E-state index contributed by atoms with van der Waals surface area (Å²) >= 11 is 0. The smallest absolute Gasteiger partial charge is 0.171 e. The Balaban J connectivity index is 3.17. The molecule has 0 bridgehead atoms. The number of hydrogen-bond donors (Lipinski definition) is 0. The summed E-state index contributed by atoms with van der Waals surface area (Å²) in [5.74, 6) is 0. The molecule has 0 aromatic carbocycles. The van der Waals surface area contributed by atoms with E-state index in [-0.39, 0.29) is 6.42 Å². The van der Waals surface area contributed by atoms with Crippen LogP contribution >= 0.6 is 0 Å². The van der Waals surface area contributed by atoms with E-state index in [1.807, 2.05) is 0 Å². The summed E-state index contributed by atoms with van der Waals surface area (Å²) in [6, 6.07) is 0. The Morgan fingerprint density at radius 3 is 1.50 bits per heavy atom. The van der Waals surface area contributed by atoms with Crippen LogP contribution in [0, 0.1) is 6.42 Å². The minimum absolute atomic E-state index is 0.188. The van der Waals surface area contributed by atoms with Crippen LogP contribution < -0.4 is 0 Å². The second kappa shape index (κ2) is 1.49. The Kier molecular flexibility index (Phi) is 1.44. The average Bonchev–Trinajstić information content (AvgIpc) is 1.35. The molecule has 0 aliphatic carbocycles. The Labute approximate surface area is 34.0 Å². The third kappa shape index (κ3) is 3.79. The van der Waals surface area contributed by atoms with Gasteiger partial charge in [-0.25, -0.2) is 0 Å². The van der Waals surface area contributed by atoms with Crippen LogP contribution in [0.25, 0.3) is 0 Å². The van der Waals surface area contributed by atoms with Gasteiger partial charge < -0.3 is 0 Å². The normalized spacial score (nSPS) is 12.0. The van der Waals surface area contributed by atoms with E-state index in [1.165, 1.54) is 0 Å². The van der Waals surface area contributed by atoms with E-state index in [0.717, 1.165) is 6.92 Å². The molecular weight excluding hydrogens is 93.0 g/mol. The van der Waals surface area contributed by atoms with Gasteiger partial charge in [0.05, 0.1) is 6.42 Å². The Morgan fingerprint density at radius 1 is 1.33 bits per heavy atom. The van der Waals surface area contributed by atoms with Gasteiger partial charge in [-0.05, 0) is 0 Å². The van der Waals surface area contributed by atoms with Crippen LogP contribution in [-0.2, 0) is 0 Å². The van der Waals surface area contributed by atoms with Gasteiger partial charge in [-0.1, -0.05) is 6.92 Å². The quantitative estimate of drug-likeness (QED) is 0.432. The first-order chi connectivity index (χ1) is 2.56. The highest BCUT2D eigenvalue weighted by atomic mass is 19.4. The highest BCUT2D eigenvalue weighted by Gasteiger charge is 2.23. The number of halogens is 3. The molecule has 0 saturated heterocycles. The van der Waals surface area contributed by atoms with Crippen molar-refractivity contribution in [1.29, 1.82) is 0 Å². The minimum atomic E-state index is -4.08. The number of rotatable bonds is 0. The van der Waals surface area contributed by atoms with Crippen molar-refractivity contribution in [2.45, 2.75) is 13.1 Å². The fraction of sp³-hybridized carbons (Fsp3) is 0.667. The monoisotopic (exact) mass is 97.0 g/mol. The molecule has 0 fully saturated rings. The molecule has 6 heavy (non-hydrogen) atoms. The summed E-state index contributed by atoms with van der Waals surface area (Å²) in [6.07, 6.45) is -3.90. The van der Waals surface area contributed by atoms with Gasteiger partial charge in [-0.15, -0.1) is 0 Å². The van der Waals surface area contributed by atoms with Gasteiger partial charge in [0.1, 0.15) is 0 Å². The van der Waals surface area contributed by atoms with Crippen LogP contribution in [0.1, 0.15) is 6.92 Å². The first kappa shape index (κ1) is 5.79. The lowest BCUT2D eigenvalue weighted by molar-refractivity contribution is -0.0953. The molecule has 0 aliphatic rings. The molecule has 37 valence electrons. The van der Waals surface area contributed by atoms with E-state index >= 15 is 0 Å². The summed E-state index contributed by atoms with van der Waals surface area (Å²) in [5, 5.41) is 0. The highest BCUT2D eigenvalue weighted by Crippen LogP contribution is 2.16. The van der Waals surface area contributed by atoms with Crippen LogP contribution in [0.5, 0.6) is 0 Å². The number of alkyl halides is 3. The van der Waals surface area contributed by atoms with E-state index in [2.05, 4.69) is 0 Å². The Hall–Kier alpha value is -0.210. The predicted molar refractivity (Wildman–Crippen MR) is 16.0 cm³/mol. The maximum atomic E-state index is 10.7. The third-order valence-corrected chi connectivity index (χ3v) is 0.327. The lowest BCUT2D eigenvalue weighted by Crippen LogP contribution is -2.03. The molecule has 3 heteroatoms. The van der Waals surface area contributed by atoms with Crippen molar-refractivity contribution in [3.05, 3.63) is 6.42 Å². The van der Waals surface area contributed by atoms with Crippen LogP contribution in [0.2, 0.25) is 0 Å². The molecule has 0 rings (SSSR count). The maximum Gasteiger partial charge on any atom is 0.392 e. The van der Waals surface area contributed by atoms with Gasteiger partial charge in [0.2, 0.25) is 0 Å². The fourth-order valence-electron chi connectivity index (χ4n) is 0. The second-order valence-corrected chi connectivity index (χ2v) is 0.830. The van der Waals surface area contributed by atoms with E-state index in [1.54, 1.807) is 0 Å². The molecular formula is C3H4F3. The van der Waals surface area contributed by atoms with Gasteiger partial charge in [0, 0.05) is 0 Å². The lowest BCUT2D eigenvalue weighted by atomic mass is 10.5. The first-order valence-corrected chi connectivity index (χ1v) is 1.43. The van der Waals surface area contributed by atoms with Crippen LogP contribution in [0.15, 0.2) is 0 Å². The zero-order chi connectivity index (χ0) is 5.21. The molecule has 0 N–H and O–H groups in total. The zero-order valence-electron chi connectivity index (χ0n) is 3.21. The third-order valence-electron chi connectivity index (χ3n) is 0.327. The van der Waals surface area contributed by atoms with E-state index in [9.17, 15) is 13.2 Å². The van der Waals surface area contributed by atoms with Crippen molar-refractivity contribution >= 4 is 0 Å². The molecule has 0 nitrogen and oxygen atoms in total. The average molecular weight is 97.1 g/mol. The van der Waals surface area contributed by atoms with Crippen molar-refractivity contribution in [3.63, 3.8) is 0 Å². The molecule has 0 unspecified atom stereocenters. The summed E-state index contributed by atoms with van der Waals surface area (Å²) < 4.78 is 32.2. The highest BCUT2D eigenvalue weighted by molar-refractivity contribution is 4.65. The molecule has 0 spiro atoms. The van der Waals surface area contributed by atoms with Crippen LogP contribution in [0.4, 0.5) is 13.2 Å².